The van der Waals surface area contributed by atoms with Crippen molar-refractivity contribution in [2.24, 2.45) is 0 Å². The van der Waals surface area contributed by atoms with E-state index in [1.54, 1.807) is 0 Å². The van der Waals surface area contributed by atoms with E-state index in [0.717, 1.165) is 12.2 Å². The van der Waals surface area contributed by atoms with Gasteiger partial charge in [0.25, 0.3) is 0 Å². The maximum Gasteiger partial charge on any atom is 0.245 e. The Balaban J connectivity index is 1.78. The van der Waals surface area contributed by atoms with Gasteiger partial charge in [-0.3, -0.25) is 4.79 Å². The van der Waals surface area contributed by atoms with Gasteiger partial charge in [0.05, 0.1) is 6.54 Å². The molecule has 4 heteroatoms. The van der Waals surface area contributed by atoms with Gasteiger partial charge in [-0.1, -0.05) is 6.07 Å². The van der Waals surface area contributed by atoms with E-state index in [4.69, 9.17) is 9.84 Å². The summed E-state index contributed by atoms with van der Waals surface area (Å²) in [6, 6.07) is 6.16. The highest BCUT2D eigenvalue weighted by atomic mass is 16.5. The molecule has 1 aliphatic rings. The second-order valence-corrected chi connectivity index (χ2v) is 4.14. The lowest BCUT2D eigenvalue weighted by Gasteiger charge is -2.08. The van der Waals surface area contributed by atoms with Gasteiger partial charge < -0.3 is 15.2 Å². The Morgan fingerprint density at radius 2 is 2.18 bits per heavy atom. The second-order valence-electron chi connectivity index (χ2n) is 4.14. The summed E-state index contributed by atoms with van der Waals surface area (Å²) in [6.07, 6.45) is 3.53. The summed E-state index contributed by atoms with van der Waals surface area (Å²) >= 11 is 0. The molecule has 92 valence electrons. The predicted octanol–water partition coefficient (Wildman–Crippen LogP) is 0.663. The lowest BCUT2D eigenvalue weighted by Crippen LogP contribution is -2.30. The van der Waals surface area contributed by atoms with Crippen LogP contribution in [0, 0.1) is 0 Å². The third kappa shape index (κ3) is 3.20. The van der Waals surface area contributed by atoms with Gasteiger partial charge in [0.1, 0.15) is 19.0 Å². The van der Waals surface area contributed by atoms with Gasteiger partial charge >= 0.3 is 0 Å². The molecule has 0 spiro atoms. The summed E-state index contributed by atoms with van der Waals surface area (Å²) in [7, 11) is 0. The molecular weight excluding hydrogens is 218 g/mol. The number of carbonyl (C=O) groups is 1. The third-order valence-corrected chi connectivity index (χ3v) is 2.91. The number of ether oxygens (including phenoxy) is 1. The van der Waals surface area contributed by atoms with E-state index in [1.165, 1.54) is 24.0 Å². The fraction of sp³-hybridized carbons (Fsp3) is 0.462. The highest BCUT2D eigenvalue weighted by Gasteiger charge is 2.10. The fourth-order valence-corrected chi connectivity index (χ4v) is 2.05. The zero-order valence-corrected chi connectivity index (χ0v) is 9.74. The zero-order valence-electron chi connectivity index (χ0n) is 9.74. The van der Waals surface area contributed by atoms with Gasteiger partial charge in [0.2, 0.25) is 5.91 Å². The largest absolute Gasteiger partial charge is 0.492 e. The number of aryl methyl sites for hydroxylation is 2. The highest BCUT2D eigenvalue weighted by molar-refractivity contribution is 5.76. The van der Waals surface area contributed by atoms with Crippen LogP contribution >= 0.6 is 0 Å². The van der Waals surface area contributed by atoms with Crippen molar-refractivity contribution >= 4 is 5.91 Å². The minimum atomic E-state index is -0.473. The molecule has 0 unspecified atom stereocenters. The minimum Gasteiger partial charge on any atom is -0.492 e. The van der Waals surface area contributed by atoms with Crippen molar-refractivity contribution in [2.75, 3.05) is 19.8 Å². The number of fused-ring (bicyclic) bond motifs is 1. The molecule has 1 aliphatic carbocycles. The zero-order chi connectivity index (χ0) is 12.1. The summed E-state index contributed by atoms with van der Waals surface area (Å²) in [5.74, 6) is 0.478. The molecular formula is C13H17NO3. The standard InChI is InChI=1S/C13H17NO3/c15-9-13(16)14-6-7-17-12-5-4-10-2-1-3-11(10)8-12/h4-5,8,15H,1-3,6-7,9H2,(H,14,16). The molecule has 0 radical (unpaired) electrons. The molecule has 1 aromatic carbocycles. The average Bonchev–Trinajstić information content (AvgIpc) is 2.81. The normalized spacial score (nSPS) is 13.2. The summed E-state index contributed by atoms with van der Waals surface area (Å²) in [5, 5.41) is 11.0. The maximum atomic E-state index is 10.8. The van der Waals surface area contributed by atoms with Gasteiger partial charge in [0.15, 0.2) is 0 Å². The van der Waals surface area contributed by atoms with E-state index in [-0.39, 0.29) is 5.91 Å². The Bertz CT molecular complexity index is 404. The number of aliphatic hydroxyl groups is 1. The summed E-state index contributed by atoms with van der Waals surface area (Å²) in [5.41, 5.74) is 2.80. The topological polar surface area (TPSA) is 58.6 Å². The number of nitrogens with one attached hydrogen (secondary N) is 1. The Labute approximate surface area is 101 Å². The van der Waals surface area contributed by atoms with Crippen molar-refractivity contribution in [3.63, 3.8) is 0 Å². The number of hydrogen-bond donors (Lipinski definition) is 2. The molecule has 1 aromatic rings. The molecule has 2 rings (SSSR count). The molecule has 0 heterocycles. The van der Waals surface area contributed by atoms with Crippen LogP contribution in [0.2, 0.25) is 0 Å². The Kier molecular flexibility index (Phi) is 3.98. The van der Waals surface area contributed by atoms with Gasteiger partial charge in [0, 0.05) is 0 Å². The molecule has 2 N–H and O–H groups in total. The predicted molar refractivity (Wildman–Crippen MR) is 64.1 cm³/mol. The first kappa shape index (κ1) is 11.9. The molecule has 0 saturated carbocycles. The quantitative estimate of drug-likeness (QED) is 0.737. The van der Waals surface area contributed by atoms with Crippen molar-refractivity contribution in [2.45, 2.75) is 19.3 Å². The number of carbonyl (C=O) groups excluding carboxylic acids is 1. The lowest BCUT2D eigenvalue weighted by atomic mass is 10.1. The van der Waals surface area contributed by atoms with E-state index in [2.05, 4.69) is 17.4 Å². The maximum absolute atomic E-state index is 10.8. The van der Waals surface area contributed by atoms with Crippen molar-refractivity contribution in [3.05, 3.63) is 29.3 Å². The number of aliphatic hydroxyl groups excluding tert-OH is 1. The molecule has 0 saturated heterocycles. The molecule has 17 heavy (non-hydrogen) atoms. The molecule has 4 nitrogen and oxygen atoms in total. The minimum absolute atomic E-state index is 0.373. The lowest BCUT2D eigenvalue weighted by molar-refractivity contribution is -0.123. The fourth-order valence-electron chi connectivity index (χ4n) is 2.05. The first-order valence-corrected chi connectivity index (χ1v) is 5.92. The smallest absolute Gasteiger partial charge is 0.245 e. The van der Waals surface area contributed by atoms with Crippen LogP contribution < -0.4 is 10.1 Å². The van der Waals surface area contributed by atoms with Crippen LogP contribution in [0.1, 0.15) is 17.5 Å². The molecule has 0 fully saturated rings. The number of hydrogen-bond acceptors (Lipinski definition) is 3. The van der Waals surface area contributed by atoms with Crippen molar-refractivity contribution in [3.8, 4) is 5.75 Å². The second kappa shape index (κ2) is 5.68. The Morgan fingerprint density at radius 3 is 3.00 bits per heavy atom. The van der Waals surface area contributed by atoms with E-state index >= 15 is 0 Å². The van der Waals surface area contributed by atoms with Crippen LogP contribution in [-0.4, -0.2) is 30.8 Å². The highest BCUT2D eigenvalue weighted by Crippen LogP contribution is 2.25. The average molecular weight is 235 g/mol. The summed E-state index contributed by atoms with van der Waals surface area (Å²) in [6.45, 7) is 0.361. The number of benzene rings is 1. The summed E-state index contributed by atoms with van der Waals surface area (Å²) < 4.78 is 5.53. The van der Waals surface area contributed by atoms with E-state index < -0.39 is 6.61 Å². The first-order valence-electron chi connectivity index (χ1n) is 5.92. The van der Waals surface area contributed by atoms with Gasteiger partial charge in [-0.25, -0.2) is 0 Å². The Hall–Kier alpha value is -1.55. The molecule has 1 amide bonds. The first-order chi connectivity index (χ1) is 8.29. The molecule has 0 aromatic heterocycles. The SMILES string of the molecule is O=C(CO)NCCOc1ccc2c(c1)CCC2. The van der Waals surface area contributed by atoms with Crippen molar-refractivity contribution in [1.29, 1.82) is 0 Å². The van der Waals surface area contributed by atoms with Crippen LogP contribution in [0.5, 0.6) is 5.75 Å². The monoisotopic (exact) mass is 235 g/mol. The van der Waals surface area contributed by atoms with Crippen LogP contribution in [0.4, 0.5) is 0 Å². The van der Waals surface area contributed by atoms with Gasteiger partial charge in [-0.15, -0.1) is 0 Å². The van der Waals surface area contributed by atoms with Gasteiger partial charge in [-0.05, 0) is 42.5 Å². The van der Waals surface area contributed by atoms with Crippen molar-refractivity contribution in [1.82, 2.24) is 5.32 Å². The van der Waals surface area contributed by atoms with Crippen molar-refractivity contribution < 1.29 is 14.6 Å². The van der Waals surface area contributed by atoms with Gasteiger partial charge in [-0.2, -0.15) is 0 Å². The van der Waals surface area contributed by atoms with E-state index in [9.17, 15) is 4.79 Å². The third-order valence-electron chi connectivity index (χ3n) is 2.91. The van der Waals surface area contributed by atoms with E-state index in [1.807, 2.05) is 6.07 Å². The summed E-state index contributed by atoms with van der Waals surface area (Å²) in [4.78, 5) is 10.8. The molecule has 0 bridgehead atoms. The molecule has 0 aliphatic heterocycles. The van der Waals surface area contributed by atoms with Crippen LogP contribution in [-0.2, 0) is 17.6 Å². The van der Waals surface area contributed by atoms with Crippen LogP contribution in [0.3, 0.4) is 0 Å². The van der Waals surface area contributed by atoms with Crippen LogP contribution in [0.25, 0.3) is 0 Å². The number of amides is 1. The molecule has 0 atom stereocenters. The van der Waals surface area contributed by atoms with Crippen LogP contribution in [0.15, 0.2) is 18.2 Å². The number of rotatable bonds is 5. The van der Waals surface area contributed by atoms with E-state index in [0.29, 0.717) is 13.2 Å². The Morgan fingerprint density at radius 1 is 1.35 bits per heavy atom.